The van der Waals surface area contributed by atoms with Gasteiger partial charge in [-0.2, -0.15) is 0 Å². The van der Waals surface area contributed by atoms with Crippen molar-refractivity contribution >= 4 is 46.4 Å². The lowest BCUT2D eigenvalue weighted by molar-refractivity contribution is -0.136. The third kappa shape index (κ3) is 7.91. The van der Waals surface area contributed by atoms with E-state index in [4.69, 9.17) is 19.5 Å². The maximum Gasteiger partial charge on any atom is 0.407 e. The molecule has 3 N–H and O–H groups in total. The Morgan fingerprint density at radius 3 is 1.93 bits per heavy atom. The molecular formula is C45H55N7O6. The number of aromatic nitrogens is 2. The number of alkyl carbamates (subject to hydrolysis) is 2. The van der Waals surface area contributed by atoms with Gasteiger partial charge in [-0.1, -0.05) is 77.9 Å². The molecule has 0 aliphatic carbocycles. The van der Waals surface area contributed by atoms with Crippen molar-refractivity contribution in [2.45, 2.75) is 90.9 Å². The van der Waals surface area contributed by atoms with Crippen LogP contribution in [0.5, 0.6) is 0 Å². The number of likely N-dealkylation sites (tertiary alicyclic amines) is 2. The monoisotopic (exact) mass is 789 g/mol. The number of rotatable bonds is 10. The minimum Gasteiger partial charge on any atom is -0.453 e. The van der Waals surface area contributed by atoms with Gasteiger partial charge >= 0.3 is 12.2 Å². The van der Waals surface area contributed by atoms with Gasteiger partial charge in [0.2, 0.25) is 11.8 Å². The third-order valence-electron chi connectivity index (χ3n) is 12.0. The molecule has 3 aliphatic heterocycles. The van der Waals surface area contributed by atoms with E-state index in [9.17, 15) is 19.2 Å². The summed E-state index contributed by atoms with van der Waals surface area (Å²) in [5, 5.41) is 5.46. The number of H-pyrrole nitrogens is 1. The fraction of sp³-hybridized carbons (Fsp3) is 0.467. The van der Waals surface area contributed by atoms with E-state index in [0.29, 0.717) is 13.1 Å². The molecule has 58 heavy (non-hydrogen) atoms. The van der Waals surface area contributed by atoms with Crippen LogP contribution in [0.3, 0.4) is 0 Å². The van der Waals surface area contributed by atoms with Crippen molar-refractivity contribution < 1.29 is 28.7 Å². The van der Waals surface area contributed by atoms with E-state index in [0.717, 1.165) is 75.3 Å². The van der Waals surface area contributed by atoms with Crippen molar-refractivity contribution in [1.29, 1.82) is 0 Å². The molecule has 0 spiro atoms. The summed E-state index contributed by atoms with van der Waals surface area (Å²) in [6.07, 6.45) is 1.25. The van der Waals surface area contributed by atoms with Gasteiger partial charge in [0.05, 0.1) is 43.0 Å². The predicted octanol–water partition coefficient (Wildman–Crippen LogP) is 7.75. The molecule has 3 aliphatic rings. The van der Waals surface area contributed by atoms with Gasteiger partial charge in [-0.15, -0.1) is 0 Å². The molecule has 4 aromatic rings. The number of hydrogen-bond donors (Lipinski definition) is 3. The topological polar surface area (TPSA) is 158 Å². The maximum absolute atomic E-state index is 13.8. The Morgan fingerprint density at radius 2 is 1.33 bits per heavy atom. The molecule has 0 bridgehead atoms. The van der Waals surface area contributed by atoms with Crippen LogP contribution in [0.4, 0.5) is 15.3 Å². The summed E-state index contributed by atoms with van der Waals surface area (Å²) in [5.41, 5.74) is 9.06. The lowest BCUT2D eigenvalue weighted by Gasteiger charge is -2.32. The van der Waals surface area contributed by atoms with Crippen LogP contribution in [0.1, 0.15) is 84.2 Å². The van der Waals surface area contributed by atoms with Crippen molar-refractivity contribution in [2.24, 2.45) is 22.7 Å². The summed E-state index contributed by atoms with van der Waals surface area (Å²) in [6.45, 7) is 13.2. The van der Waals surface area contributed by atoms with Crippen LogP contribution in [0.2, 0.25) is 0 Å². The molecule has 4 amide bonds. The number of carbonyl (C=O) groups excluding carboxylic acids is 4. The second-order valence-electron chi connectivity index (χ2n) is 16.7. The Hall–Kier alpha value is -5.72. The average molecular weight is 790 g/mol. The molecule has 306 valence electrons. The minimum absolute atomic E-state index is 0.0375. The third-order valence-corrected chi connectivity index (χ3v) is 12.0. The van der Waals surface area contributed by atoms with E-state index in [1.54, 1.807) is 0 Å². The van der Waals surface area contributed by atoms with Gasteiger partial charge in [-0.25, -0.2) is 14.6 Å². The normalized spacial score (nSPS) is 21.2. The Bertz CT molecular complexity index is 2230. The number of hydrogen-bond acceptors (Lipinski definition) is 8. The average Bonchev–Trinajstić information content (AvgIpc) is 4.02. The molecule has 0 radical (unpaired) electrons. The first-order valence-electron chi connectivity index (χ1n) is 20.4. The van der Waals surface area contributed by atoms with E-state index in [-0.39, 0.29) is 47.6 Å². The predicted molar refractivity (Wildman–Crippen MR) is 224 cm³/mol. The zero-order valence-corrected chi connectivity index (χ0v) is 34.7. The van der Waals surface area contributed by atoms with Gasteiger partial charge < -0.3 is 34.9 Å². The summed E-state index contributed by atoms with van der Waals surface area (Å²) in [6, 6.07) is 19.4. The Balaban J connectivity index is 1.06. The van der Waals surface area contributed by atoms with E-state index in [2.05, 4.69) is 84.1 Å². The van der Waals surface area contributed by atoms with Crippen LogP contribution in [0.15, 0.2) is 65.7 Å². The van der Waals surface area contributed by atoms with E-state index < -0.39 is 24.3 Å². The first-order valence-corrected chi connectivity index (χ1v) is 20.4. The van der Waals surface area contributed by atoms with Crippen LogP contribution >= 0.6 is 0 Å². The maximum atomic E-state index is 13.8. The highest BCUT2D eigenvalue weighted by molar-refractivity contribution is 6.04. The minimum atomic E-state index is -0.702. The fourth-order valence-corrected chi connectivity index (χ4v) is 8.81. The highest BCUT2D eigenvalue weighted by atomic mass is 16.5. The zero-order chi connectivity index (χ0) is 41.4. The first-order chi connectivity index (χ1) is 27.8. The van der Waals surface area contributed by atoms with Crippen molar-refractivity contribution in [2.75, 3.05) is 27.3 Å². The highest BCUT2D eigenvalue weighted by Crippen LogP contribution is 2.42. The molecule has 1 unspecified atom stereocenters. The number of amides is 4. The summed E-state index contributed by atoms with van der Waals surface area (Å²) in [5.74, 6) is 0.601. The summed E-state index contributed by atoms with van der Waals surface area (Å²) in [4.78, 5) is 68.9. The number of imidazole rings is 1. The number of nitrogens with one attached hydrogen (secondary N) is 3. The first kappa shape index (κ1) is 40.5. The van der Waals surface area contributed by atoms with E-state index >= 15 is 0 Å². The SMILES string of the molecule is COC(=O)N[C@H](C(=O)N1CCC[C@H]1C1=Nc2ccc(-c3ccc(-c4ccc5nc([C@@H]6C[C@H](C)CN6C(=O)[C@@H](NC(=O)OC)C(C)C)[nH]c5c4)cc3)cc2C1C)C(C)C. The second-order valence-corrected chi connectivity index (χ2v) is 16.7. The second kappa shape index (κ2) is 16.6. The van der Waals surface area contributed by atoms with Crippen LogP contribution in [-0.2, 0) is 19.1 Å². The molecule has 13 heteroatoms. The van der Waals surface area contributed by atoms with Gasteiger partial charge in [0.15, 0.2) is 0 Å². The van der Waals surface area contributed by atoms with Crippen molar-refractivity contribution in [3.8, 4) is 22.3 Å². The molecule has 13 nitrogen and oxygen atoms in total. The van der Waals surface area contributed by atoms with Gasteiger partial charge in [0, 0.05) is 24.7 Å². The molecule has 6 atom stereocenters. The Kier molecular flexibility index (Phi) is 11.6. The van der Waals surface area contributed by atoms with E-state index in [1.807, 2.05) is 43.6 Å². The van der Waals surface area contributed by atoms with Gasteiger partial charge in [-0.3, -0.25) is 14.6 Å². The van der Waals surface area contributed by atoms with Crippen molar-refractivity contribution in [3.63, 3.8) is 0 Å². The van der Waals surface area contributed by atoms with Crippen LogP contribution < -0.4 is 10.6 Å². The summed E-state index contributed by atoms with van der Waals surface area (Å²) in [7, 11) is 2.60. The van der Waals surface area contributed by atoms with Crippen molar-refractivity contribution in [1.82, 2.24) is 30.4 Å². The van der Waals surface area contributed by atoms with Gasteiger partial charge in [0.25, 0.3) is 0 Å². The molecule has 1 aromatic heterocycles. The Labute approximate surface area is 340 Å². The molecule has 0 saturated carbocycles. The summed E-state index contributed by atoms with van der Waals surface area (Å²) < 4.78 is 9.60. The lowest BCUT2D eigenvalue weighted by atomic mass is 9.90. The largest absolute Gasteiger partial charge is 0.453 e. The number of carbonyl (C=O) groups is 4. The number of nitrogens with zero attached hydrogens (tertiary/aromatic N) is 4. The highest BCUT2D eigenvalue weighted by Gasteiger charge is 2.42. The fourth-order valence-electron chi connectivity index (χ4n) is 8.81. The Morgan fingerprint density at radius 1 is 0.759 bits per heavy atom. The van der Waals surface area contributed by atoms with Gasteiger partial charge in [-0.05, 0) is 89.1 Å². The quantitative estimate of drug-likeness (QED) is 0.148. The molecule has 4 heterocycles. The summed E-state index contributed by atoms with van der Waals surface area (Å²) >= 11 is 0. The molecule has 3 aromatic carbocycles. The number of fused-ring (bicyclic) bond motifs is 2. The molecule has 7 rings (SSSR count). The van der Waals surface area contributed by atoms with Crippen molar-refractivity contribution in [3.05, 3.63) is 72.1 Å². The molecular weight excluding hydrogens is 735 g/mol. The van der Waals surface area contributed by atoms with E-state index in [1.165, 1.54) is 14.2 Å². The standard InChI is InChI=1S/C45H55N7O6/c1-24(2)38(49-44(55)57-7)42(53)51-19-9-10-36(51)40-27(6)32-21-30(15-17-33(32)46-40)28-11-13-29(14-12-28)31-16-18-34-35(22-31)48-41(47-34)37-20-26(5)23-52(37)43(54)39(25(3)4)50-45(56)58-8/h11-18,21-22,24-27,36-39H,9-10,19-20,23H2,1-8H3,(H,47,48)(H,49,55)(H,50,56)/t26-,27?,36-,37-,38-,39-/m0/s1. The number of ether oxygens (including phenoxy) is 2. The smallest absolute Gasteiger partial charge is 0.407 e. The molecule has 2 saturated heterocycles. The van der Waals surface area contributed by atoms with Crippen LogP contribution in [0.25, 0.3) is 33.3 Å². The van der Waals surface area contributed by atoms with Crippen LogP contribution in [-0.4, -0.2) is 94.9 Å². The zero-order valence-electron chi connectivity index (χ0n) is 34.7. The number of benzene rings is 3. The lowest BCUT2D eigenvalue weighted by Crippen LogP contribution is -2.54. The number of methoxy groups -OCH3 is 2. The number of aromatic amines is 1. The molecule has 2 fully saturated rings. The van der Waals surface area contributed by atoms with Crippen LogP contribution in [0, 0.1) is 17.8 Å². The van der Waals surface area contributed by atoms with Gasteiger partial charge in [0.1, 0.15) is 17.9 Å². The number of aliphatic imine (C=N–C) groups is 1.